The molecule has 1 saturated carbocycles. The predicted octanol–water partition coefficient (Wildman–Crippen LogP) is 3.42. The topological polar surface area (TPSA) is 15.3 Å². The van der Waals surface area contributed by atoms with Gasteiger partial charge in [0.25, 0.3) is 0 Å². The van der Waals surface area contributed by atoms with E-state index in [0.29, 0.717) is 5.54 Å². The maximum absolute atomic E-state index is 3.70. The molecule has 0 aromatic carbocycles. The van der Waals surface area contributed by atoms with Crippen LogP contribution < -0.4 is 5.32 Å². The fraction of sp³-hybridized carbons (Fsp3) is 1.00. The number of hydrogen-bond donors (Lipinski definition) is 1. The fourth-order valence-corrected chi connectivity index (χ4v) is 2.79. The van der Waals surface area contributed by atoms with Crippen LogP contribution >= 0.6 is 0 Å². The highest BCUT2D eigenvalue weighted by Crippen LogP contribution is 2.28. The molecule has 0 amide bonds. The van der Waals surface area contributed by atoms with Gasteiger partial charge in [-0.05, 0) is 59.5 Å². The Labute approximate surface area is 108 Å². The van der Waals surface area contributed by atoms with E-state index >= 15 is 0 Å². The van der Waals surface area contributed by atoms with Gasteiger partial charge in [-0.3, -0.25) is 4.90 Å². The summed E-state index contributed by atoms with van der Waals surface area (Å²) in [5.74, 6) is 0. The summed E-state index contributed by atoms with van der Waals surface area (Å²) in [6.45, 7) is 10.5. The van der Waals surface area contributed by atoms with Gasteiger partial charge in [-0.2, -0.15) is 0 Å². The molecule has 1 N–H and O–H groups in total. The van der Waals surface area contributed by atoms with E-state index in [1.54, 1.807) is 0 Å². The summed E-state index contributed by atoms with van der Waals surface area (Å²) in [6, 6.07) is 1.52. The van der Waals surface area contributed by atoms with E-state index in [-0.39, 0.29) is 0 Å². The van der Waals surface area contributed by atoms with Gasteiger partial charge in [-0.15, -0.1) is 0 Å². The maximum Gasteiger partial charge on any atom is 0.0150 e. The molecule has 2 atom stereocenters. The Morgan fingerprint density at radius 3 is 2.53 bits per heavy atom. The Hall–Kier alpha value is -0.0800. The molecule has 17 heavy (non-hydrogen) atoms. The molecule has 1 rings (SSSR count). The van der Waals surface area contributed by atoms with E-state index < -0.39 is 0 Å². The van der Waals surface area contributed by atoms with E-state index in [0.717, 1.165) is 12.1 Å². The molecule has 0 heterocycles. The van der Waals surface area contributed by atoms with Crippen molar-refractivity contribution in [1.82, 2.24) is 10.2 Å². The summed E-state index contributed by atoms with van der Waals surface area (Å²) < 4.78 is 0. The molecule has 1 aliphatic rings. The molecule has 0 aromatic heterocycles. The first-order chi connectivity index (χ1) is 8.01. The highest BCUT2D eigenvalue weighted by molar-refractivity contribution is 4.88. The van der Waals surface area contributed by atoms with Gasteiger partial charge in [0.1, 0.15) is 0 Å². The molecule has 0 spiro atoms. The zero-order valence-electron chi connectivity index (χ0n) is 12.6. The Bertz CT molecular complexity index is 213. The molecule has 2 nitrogen and oxygen atoms in total. The molecule has 0 saturated heterocycles. The molecule has 1 aliphatic carbocycles. The third kappa shape index (κ3) is 4.26. The normalized spacial score (nSPS) is 26.5. The van der Waals surface area contributed by atoms with Crippen molar-refractivity contribution in [3.05, 3.63) is 0 Å². The highest BCUT2D eigenvalue weighted by atomic mass is 15.2. The summed E-state index contributed by atoms with van der Waals surface area (Å²) in [6.07, 6.45) is 7.95. The highest BCUT2D eigenvalue weighted by Gasteiger charge is 2.31. The van der Waals surface area contributed by atoms with E-state index in [1.807, 2.05) is 0 Å². The summed E-state index contributed by atoms with van der Waals surface area (Å²) in [5.41, 5.74) is 0.345. The van der Waals surface area contributed by atoms with Crippen LogP contribution in [-0.4, -0.2) is 36.1 Å². The van der Waals surface area contributed by atoms with E-state index in [2.05, 4.69) is 45.0 Å². The third-order valence-electron chi connectivity index (χ3n) is 4.70. The number of nitrogens with zero attached hydrogens (tertiary/aromatic N) is 1. The molecule has 0 radical (unpaired) electrons. The first-order valence-corrected chi connectivity index (χ1v) is 7.47. The van der Waals surface area contributed by atoms with Crippen molar-refractivity contribution < 1.29 is 0 Å². The van der Waals surface area contributed by atoms with Crippen molar-refractivity contribution in [3.63, 3.8) is 0 Å². The van der Waals surface area contributed by atoms with E-state index in [1.165, 1.54) is 45.1 Å². The molecule has 2 heteroatoms. The van der Waals surface area contributed by atoms with Crippen molar-refractivity contribution in [3.8, 4) is 0 Å². The first-order valence-electron chi connectivity index (χ1n) is 7.47. The van der Waals surface area contributed by atoms with Crippen LogP contribution in [0, 0.1) is 0 Å². The van der Waals surface area contributed by atoms with E-state index in [9.17, 15) is 0 Å². The lowest BCUT2D eigenvalue weighted by Gasteiger charge is -2.44. The minimum absolute atomic E-state index is 0.345. The average Bonchev–Trinajstić information content (AvgIpc) is 2.35. The average molecular weight is 240 g/mol. The Balaban J connectivity index is 2.48. The van der Waals surface area contributed by atoms with Crippen molar-refractivity contribution in [2.24, 2.45) is 0 Å². The lowest BCUT2D eigenvalue weighted by atomic mass is 9.87. The smallest absolute Gasteiger partial charge is 0.0150 e. The molecular weight excluding hydrogens is 208 g/mol. The third-order valence-corrected chi connectivity index (χ3v) is 4.70. The minimum Gasteiger partial charge on any atom is -0.314 e. The summed E-state index contributed by atoms with van der Waals surface area (Å²) in [5, 5.41) is 3.70. The van der Waals surface area contributed by atoms with Crippen molar-refractivity contribution in [2.75, 3.05) is 13.6 Å². The molecule has 1 fully saturated rings. The lowest BCUT2D eigenvalue weighted by molar-refractivity contribution is 0.0664. The first kappa shape index (κ1) is 15.0. The van der Waals surface area contributed by atoms with Crippen LogP contribution in [0.5, 0.6) is 0 Å². The van der Waals surface area contributed by atoms with Crippen molar-refractivity contribution in [1.29, 1.82) is 0 Å². The molecular formula is C15H32N2. The van der Waals surface area contributed by atoms with Crippen LogP contribution in [0.25, 0.3) is 0 Å². The predicted molar refractivity (Wildman–Crippen MR) is 76.5 cm³/mol. The van der Waals surface area contributed by atoms with Crippen molar-refractivity contribution in [2.45, 2.75) is 83.8 Å². The molecule has 0 bridgehead atoms. The van der Waals surface area contributed by atoms with Crippen LogP contribution in [0.1, 0.15) is 66.2 Å². The zero-order chi connectivity index (χ0) is 12.9. The van der Waals surface area contributed by atoms with Gasteiger partial charge in [-0.25, -0.2) is 0 Å². The van der Waals surface area contributed by atoms with Gasteiger partial charge in [0.15, 0.2) is 0 Å². The van der Waals surface area contributed by atoms with Gasteiger partial charge in [0, 0.05) is 17.6 Å². The summed E-state index contributed by atoms with van der Waals surface area (Å²) in [7, 11) is 2.32. The van der Waals surface area contributed by atoms with E-state index in [4.69, 9.17) is 0 Å². The Kier molecular flexibility index (Phi) is 5.94. The molecule has 2 unspecified atom stereocenters. The SMILES string of the molecule is CCCNC1CCCC(N(C)C(C)(C)CC)C1. The van der Waals surface area contributed by atoms with Crippen LogP contribution in [0.4, 0.5) is 0 Å². The monoisotopic (exact) mass is 240 g/mol. The van der Waals surface area contributed by atoms with Gasteiger partial charge < -0.3 is 5.32 Å². The van der Waals surface area contributed by atoms with Gasteiger partial charge in [0.05, 0.1) is 0 Å². The second-order valence-electron chi connectivity index (χ2n) is 6.25. The zero-order valence-corrected chi connectivity index (χ0v) is 12.6. The number of rotatable bonds is 6. The lowest BCUT2D eigenvalue weighted by Crippen LogP contribution is -2.51. The second-order valence-corrected chi connectivity index (χ2v) is 6.25. The Morgan fingerprint density at radius 1 is 1.24 bits per heavy atom. The standard InChI is InChI=1S/C15H32N2/c1-6-11-16-13-9-8-10-14(12-13)17(5)15(3,4)7-2/h13-14,16H,6-12H2,1-5H3. The maximum atomic E-state index is 3.70. The minimum atomic E-state index is 0.345. The largest absolute Gasteiger partial charge is 0.314 e. The van der Waals surface area contributed by atoms with Gasteiger partial charge in [-0.1, -0.05) is 20.3 Å². The molecule has 0 aromatic rings. The summed E-state index contributed by atoms with van der Waals surface area (Å²) in [4.78, 5) is 2.62. The van der Waals surface area contributed by atoms with Crippen LogP contribution in [0.15, 0.2) is 0 Å². The van der Waals surface area contributed by atoms with Gasteiger partial charge >= 0.3 is 0 Å². The quantitative estimate of drug-likeness (QED) is 0.765. The van der Waals surface area contributed by atoms with Crippen LogP contribution in [0.2, 0.25) is 0 Å². The van der Waals surface area contributed by atoms with Crippen molar-refractivity contribution >= 4 is 0 Å². The number of nitrogens with one attached hydrogen (secondary N) is 1. The molecule has 0 aliphatic heterocycles. The Morgan fingerprint density at radius 2 is 1.94 bits per heavy atom. The summed E-state index contributed by atoms with van der Waals surface area (Å²) >= 11 is 0. The molecule has 102 valence electrons. The second kappa shape index (κ2) is 6.75. The number of hydrogen-bond acceptors (Lipinski definition) is 2. The van der Waals surface area contributed by atoms with Gasteiger partial charge in [0.2, 0.25) is 0 Å². The fourth-order valence-electron chi connectivity index (χ4n) is 2.79. The van der Waals surface area contributed by atoms with Crippen LogP contribution in [0.3, 0.4) is 0 Å². The van der Waals surface area contributed by atoms with Crippen LogP contribution in [-0.2, 0) is 0 Å².